The van der Waals surface area contributed by atoms with Gasteiger partial charge < -0.3 is 5.32 Å². The molecule has 0 saturated heterocycles. The molecule has 5 nitrogen and oxygen atoms in total. The molecule has 0 spiro atoms. The molecular formula is C20H13F3N4O. The highest BCUT2D eigenvalue weighted by Gasteiger charge is 2.36. The fourth-order valence-electron chi connectivity index (χ4n) is 2.70. The zero-order chi connectivity index (χ0) is 20.3. The summed E-state index contributed by atoms with van der Waals surface area (Å²) in [5, 5.41) is 11.5. The van der Waals surface area contributed by atoms with Crippen molar-refractivity contribution in [1.82, 2.24) is 9.97 Å². The number of halogens is 3. The molecule has 0 bridgehead atoms. The number of nitriles is 1. The van der Waals surface area contributed by atoms with Crippen molar-refractivity contribution in [1.29, 1.82) is 5.26 Å². The smallest absolute Gasteiger partial charge is 0.322 e. The summed E-state index contributed by atoms with van der Waals surface area (Å²) in [7, 11) is 0. The molecule has 0 atom stereocenters. The number of nitrogens with one attached hydrogen (secondary N) is 1. The van der Waals surface area contributed by atoms with Crippen molar-refractivity contribution in [3.8, 4) is 17.2 Å². The van der Waals surface area contributed by atoms with Gasteiger partial charge in [0.25, 0.3) is 5.91 Å². The first-order valence-corrected chi connectivity index (χ1v) is 8.09. The van der Waals surface area contributed by atoms with Crippen LogP contribution in [-0.4, -0.2) is 15.9 Å². The average molecular weight is 382 g/mol. The van der Waals surface area contributed by atoms with Crippen molar-refractivity contribution in [3.63, 3.8) is 0 Å². The summed E-state index contributed by atoms with van der Waals surface area (Å²) in [6, 6.07) is 11.3. The molecule has 0 aliphatic carbocycles. The Morgan fingerprint density at radius 1 is 1.14 bits per heavy atom. The van der Waals surface area contributed by atoms with Gasteiger partial charge in [-0.1, -0.05) is 6.07 Å². The van der Waals surface area contributed by atoms with Crippen molar-refractivity contribution in [2.75, 3.05) is 5.32 Å². The monoisotopic (exact) mass is 382 g/mol. The molecule has 1 aromatic carbocycles. The van der Waals surface area contributed by atoms with Crippen LogP contribution < -0.4 is 5.32 Å². The van der Waals surface area contributed by atoms with Crippen molar-refractivity contribution in [2.24, 2.45) is 0 Å². The van der Waals surface area contributed by atoms with Crippen LogP contribution in [0.25, 0.3) is 11.1 Å². The Labute approximate surface area is 158 Å². The molecule has 0 saturated carbocycles. The molecular weight excluding hydrogens is 369 g/mol. The Kier molecular flexibility index (Phi) is 5.09. The Bertz CT molecular complexity index is 1070. The first-order chi connectivity index (χ1) is 13.3. The zero-order valence-corrected chi connectivity index (χ0v) is 14.6. The van der Waals surface area contributed by atoms with Gasteiger partial charge in [-0.2, -0.15) is 18.4 Å². The van der Waals surface area contributed by atoms with E-state index in [-0.39, 0.29) is 5.56 Å². The molecule has 0 fully saturated rings. The second kappa shape index (κ2) is 7.48. The molecule has 3 rings (SSSR count). The van der Waals surface area contributed by atoms with Crippen LogP contribution in [0.5, 0.6) is 0 Å². The molecule has 8 heteroatoms. The molecule has 0 aliphatic rings. The van der Waals surface area contributed by atoms with Gasteiger partial charge in [0.15, 0.2) is 5.69 Å². The molecule has 140 valence electrons. The van der Waals surface area contributed by atoms with Gasteiger partial charge in [0, 0.05) is 24.3 Å². The predicted molar refractivity (Wildman–Crippen MR) is 96.3 cm³/mol. The third-order valence-corrected chi connectivity index (χ3v) is 4.01. The van der Waals surface area contributed by atoms with E-state index >= 15 is 0 Å². The van der Waals surface area contributed by atoms with Gasteiger partial charge >= 0.3 is 6.18 Å². The normalized spacial score (nSPS) is 11.0. The summed E-state index contributed by atoms with van der Waals surface area (Å²) < 4.78 is 38.5. The topological polar surface area (TPSA) is 78.7 Å². The highest BCUT2D eigenvalue weighted by atomic mass is 19.4. The van der Waals surface area contributed by atoms with E-state index in [4.69, 9.17) is 5.26 Å². The summed E-state index contributed by atoms with van der Waals surface area (Å²) in [6.07, 6.45) is -0.610. The number of hydrogen-bond donors (Lipinski definition) is 1. The number of aromatic nitrogens is 2. The minimum atomic E-state index is -4.76. The van der Waals surface area contributed by atoms with E-state index in [0.717, 1.165) is 29.0 Å². The second-order valence-electron chi connectivity index (χ2n) is 5.95. The first kappa shape index (κ1) is 19.0. The van der Waals surface area contributed by atoms with Crippen LogP contribution in [-0.2, 0) is 6.18 Å². The number of pyridine rings is 2. The van der Waals surface area contributed by atoms with Crippen LogP contribution in [0.2, 0.25) is 0 Å². The lowest BCUT2D eigenvalue weighted by Gasteiger charge is -2.11. The summed E-state index contributed by atoms with van der Waals surface area (Å²) >= 11 is 0. The Balaban J connectivity index is 1.84. The van der Waals surface area contributed by atoms with Gasteiger partial charge in [-0.3, -0.25) is 9.78 Å². The molecule has 1 amide bonds. The number of nitrogens with zero attached hydrogens (tertiary/aromatic N) is 3. The van der Waals surface area contributed by atoms with E-state index in [9.17, 15) is 18.0 Å². The molecule has 28 heavy (non-hydrogen) atoms. The van der Waals surface area contributed by atoms with E-state index in [0.29, 0.717) is 5.69 Å². The highest BCUT2D eigenvalue weighted by Crippen LogP contribution is 2.30. The molecule has 0 radical (unpaired) electrons. The fraction of sp³-hybridized carbons (Fsp3) is 0.100. The quantitative estimate of drug-likeness (QED) is 0.718. The Morgan fingerprint density at radius 2 is 1.86 bits per heavy atom. The van der Waals surface area contributed by atoms with Gasteiger partial charge in [0.1, 0.15) is 6.07 Å². The number of aryl methyl sites for hydroxylation is 1. The van der Waals surface area contributed by atoms with Crippen LogP contribution in [0, 0.1) is 18.3 Å². The van der Waals surface area contributed by atoms with Crippen molar-refractivity contribution < 1.29 is 18.0 Å². The Morgan fingerprint density at radius 3 is 2.46 bits per heavy atom. The fourth-order valence-corrected chi connectivity index (χ4v) is 2.70. The van der Waals surface area contributed by atoms with Crippen LogP contribution in [0.4, 0.5) is 18.9 Å². The maximum absolute atomic E-state index is 12.8. The SMILES string of the molecule is Cc1cc(NC(=O)c2cnc(C(F)(F)F)c(C#N)c2)ccc1-c1ccncc1. The summed E-state index contributed by atoms with van der Waals surface area (Å²) in [5.41, 5.74) is 1.14. The molecule has 1 N–H and O–H groups in total. The number of alkyl halides is 3. The van der Waals surface area contributed by atoms with Crippen LogP contribution in [0.3, 0.4) is 0 Å². The van der Waals surface area contributed by atoms with Crippen molar-refractivity contribution >= 4 is 11.6 Å². The lowest BCUT2D eigenvalue weighted by molar-refractivity contribution is -0.141. The van der Waals surface area contributed by atoms with E-state index in [1.165, 1.54) is 6.07 Å². The van der Waals surface area contributed by atoms with E-state index in [1.807, 2.05) is 25.1 Å². The lowest BCUT2D eigenvalue weighted by atomic mass is 10.0. The number of benzene rings is 1. The third kappa shape index (κ3) is 3.99. The number of carbonyl (C=O) groups is 1. The maximum atomic E-state index is 12.8. The first-order valence-electron chi connectivity index (χ1n) is 8.09. The van der Waals surface area contributed by atoms with Crippen LogP contribution in [0.15, 0.2) is 55.0 Å². The van der Waals surface area contributed by atoms with Crippen LogP contribution >= 0.6 is 0 Å². The summed E-state index contributed by atoms with van der Waals surface area (Å²) in [5.74, 6) is -0.659. The molecule has 0 unspecified atom stereocenters. The van der Waals surface area contributed by atoms with Crippen LogP contribution in [0.1, 0.15) is 27.2 Å². The van der Waals surface area contributed by atoms with E-state index in [2.05, 4.69) is 15.3 Å². The molecule has 3 aromatic rings. The third-order valence-electron chi connectivity index (χ3n) is 4.01. The number of anilines is 1. The van der Waals surface area contributed by atoms with Gasteiger partial charge in [-0.25, -0.2) is 4.98 Å². The predicted octanol–water partition coefficient (Wildman–Crippen LogP) is 4.59. The minimum Gasteiger partial charge on any atom is -0.322 e. The number of amides is 1. The number of carbonyl (C=O) groups excluding carboxylic acids is 1. The molecule has 0 aliphatic heterocycles. The van der Waals surface area contributed by atoms with Crippen molar-refractivity contribution in [3.05, 3.63) is 77.4 Å². The molecule has 2 aromatic heterocycles. The highest BCUT2D eigenvalue weighted by molar-refractivity contribution is 6.04. The number of hydrogen-bond acceptors (Lipinski definition) is 4. The standard InChI is InChI=1S/C20H13F3N4O/c1-12-8-16(2-3-17(12)13-4-6-25-7-5-13)27-19(28)15-9-14(10-24)18(26-11-15)20(21,22)23/h2-9,11H,1H3,(H,27,28). The number of rotatable bonds is 3. The largest absolute Gasteiger partial charge is 0.434 e. The Hall–Kier alpha value is -3.73. The van der Waals surface area contributed by atoms with E-state index in [1.54, 1.807) is 24.5 Å². The van der Waals surface area contributed by atoms with Crippen molar-refractivity contribution in [2.45, 2.75) is 13.1 Å². The maximum Gasteiger partial charge on any atom is 0.434 e. The lowest BCUT2D eigenvalue weighted by Crippen LogP contribution is -2.16. The zero-order valence-electron chi connectivity index (χ0n) is 14.6. The second-order valence-corrected chi connectivity index (χ2v) is 5.95. The summed E-state index contributed by atoms with van der Waals surface area (Å²) in [4.78, 5) is 19.6. The molecule has 2 heterocycles. The minimum absolute atomic E-state index is 0.139. The average Bonchev–Trinajstić information content (AvgIpc) is 2.67. The van der Waals surface area contributed by atoms with Gasteiger partial charge in [-0.15, -0.1) is 0 Å². The van der Waals surface area contributed by atoms with Gasteiger partial charge in [0.05, 0.1) is 11.1 Å². The summed E-state index contributed by atoms with van der Waals surface area (Å²) in [6.45, 7) is 1.87. The van der Waals surface area contributed by atoms with E-state index < -0.39 is 23.3 Å². The van der Waals surface area contributed by atoms with Gasteiger partial charge in [-0.05, 0) is 53.9 Å². The van der Waals surface area contributed by atoms with Gasteiger partial charge in [0.2, 0.25) is 0 Å².